The first-order valence-electron chi connectivity index (χ1n) is 7.76. The van der Waals surface area contributed by atoms with Crippen molar-refractivity contribution < 1.29 is 14.3 Å². The van der Waals surface area contributed by atoms with Gasteiger partial charge in [0.2, 0.25) is 0 Å². The minimum atomic E-state index is -0.642. The van der Waals surface area contributed by atoms with Crippen molar-refractivity contribution in [2.24, 2.45) is 0 Å². The fourth-order valence-electron chi connectivity index (χ4n) is 2.76. The summed E-state index contributed by atoms with van der Waals surface area (Å²) in [6, 6.07) is 13.8. The first-order chi connectivity index (χ1) is 11.1. The number of carbonyl (C=O) groups is 1. The monoisotopic (exact) mass is 311 g/mol. The van der Waals surface area contributed by atoms with Gasteiger partial charge < -0.3 is 14.0 Å². The van der Waals surface area contributed by atoms with Crippen LogP contribution in [0.25, 0.3) is 0 Å². The minimum Gasteiger partial charge on any atom is -0.497 e. The summed E-state index contributed by atoms with van der Waals surface area (Å²) in [6.45, 7) is 5.90. The molecule has 0 unspecified atom stereocenters. The van der Waals surface area contributed by atoms with Gasteiger partial charge in [0.05, 0.1) is 13.2 Å². The molecule has 120 valence electrons. The van der Waals surface area contributed by atoms with E-state index < -0.39 is 5.60 Å². The van der Waals surface area contributed by atoms with Crippen molar-refractivity contribution in [2.75, 3.05) is 7.11 Å². The average molecular weight is 311 g/mol. The second-order valence-electron chi connectivity index (χ2n) is 5.90. The van der Waals surface area contributed by atoms with Crippen LogP contribution in [0.2, 0.25) is 0 Å². The highest BCUT2D eigenvalue weighted by Gasteiger charge is 2.51. The number of aromatic nitrogens is 1. The van der Waals surface area contributed by atoms with Gasteiger partial charge in [-0.2, -0.15) is 0 Å². The summed E-state index contributed by atoms with van der Waals surface area (Å²) in [5, 5.41) is 0. The number of ether oxygens (including phenoxy) is 2. The quantitative estimate of drug-likeness (QED) is 0.599. The number of rotatable bonds is 6. The Morgan fingerprint density at radius 1 is 1.22 bits per heavy atom. The van der Waals surface area contributed by atoms with Gasteiger partial charge in [0.25, 0.3) is 0 Å². The van der Waals surface area contributed by atoms with Crippen molar-refractivity contribution in [1.29, 1.82) is 0 Å². The van der Waals surface area contributed by atoms with Crippen molar-refractivity contribution in [3.8, 4) is 0 Å². The number of esters is 1. The van der Waals surface area contributed by atoms with Crippen molar-refractivity contribution >= 4 is 5.97 Å². The molecule has 23 heavy (non-hydrogen) atoms. The third-order valence-corrected chi connectivity index (χ3v) is 4.43. The van der Waals surface area contributed by atoms with Crippen LogP contribution in [0, 0.1) is 0 Å². The van der Waals surface area contributed by atoms with Gasteiger partial charge >= 0.3 is 5.97 Å². The van der Waals surface area contributed by atoms with Crippen molar-refractivity contribution in [3.63, 3.8) is 0 Å². The second-order valence-corrected chi connectivity index (χ2v) is 5.90. The molecule has 1 saturated carbocycles. The molecule has 0 spiro atoms. The number of nitrogens with zero attached hydrogens (tertiary/aromatic N) is 1. The normalized spacial score (nSPS) is 16.4. The Morgan fingerprint density at radius 2 is 1.91 bits per heavy atom. The maximum atomic E-state index is 12.6. The van der Waals surface area contributed by atoms with Crippen molar-refractivity contribution in [2.45, 2.75) is 31.4 Å². The van der Waals surface area contributed by atoms with Crippen LogP contribution < -0.4 is 0 Å². The topological polar surface area (TPSA) is 40.5 Å². The molecule has 0 amide bonds. The Labute approximate surface area is 136 Å². The van der Waals surface area contributed by atoms with E-state index in [0.717, 1.165) is 18.4 Å². The van der Waals surface area contributed by atoms with E-state index in [2.05, 4.69) is 25.6 Å². The van der Waals surface area contributed by atoms with Crippen molar-refractivity contribution in [1.82, 2.24) is 4.57 Å². The first kappa shape index (κ1) is 15.4. The molecule has 0 N–H and O–H groups in total. The van der Waals surface area contributed by atoms with E-state index in [9.17, 15) is 4.79 Å². The van der Waals surface area contributed by atoms with Gasteiger partial charge in [-0.05, 0) is 37.5 Å². The predicted octanol–water partition coefficient (Wildman–Crippen LogP) is 3.95. The molecular weight excluding hydrogens is 290 g/mol. The highest BCUT2D eigenvalue weighted by atomic mass is 16.6. The Hall–Kier alpha value is -2.49. The maximum Gasteiger partial charge on any atom is 0.355 e. The van der Waals surface area contributed by atoms with Crippen LogP contribution in [-0.2, 0) is 9.47 Å². The smallest absolute Gasteiger partial charge is 0.355 e. The van der Waals surface area contributed by atoms with E-state index in [0.29, 0.717) is 11.5 Å². The molecular formula is C19H21NO3. The molecule has 0 bridgehead atoms. The summed E-state index contributed by atoms with van der Waals surface area (Å²) in [7, 11) is 1.55. The lowest BCUT2D eigenvalue weighted by Gasteiger charge is -2.21. The van der Waals surface area contributed by atoms with E-state index in [1.807, 2.05) is 35.0 Å². The zero-order valence-corrected chi connectivity index (χ0v) is 13.5. The Balaban J connectivity index is 1.81. The Morgan fingerprint density at radius 3 is 2.52 bits per heavy atom. The Kier molecular flexibility index (Phi) is 3.99. The molecule has 1 aliphatic rings. The third kappa shape index (κ3) is 2.89. The molecule has 0 aliphatic heterocycles. The molecule has 0 radical (unpaired) electrons. The van der Waals surface area contributed by atoms with Crippen molar-refractivity contribution in [3.05, 3.63) is 72.3 Å². The largest absolute Gasteiger partial charge is 0.497 e. The molecule has 1 atom stereocenters. The first-order valence-corrected chi connectivity index (χ1v) is 7.76. The van der Waals surface area contributed by atoms with Crippen LogP contribution in [0.5, 0.6) is 0 Å². The minimum absolute atomic E-state index is 0.0505. The van der Waals surface area contributed by atoms with Crippen LogP contribution in [0.15, 0.2) is 61.0 Å². The van der Waals surface area contributed by atoms with E-state index in [4.69, 9.17) is 9.47 Å². The number of benzene rings is 1. The summed E-state index contributed by atoms with van der Waals surface area (Å²) in [4.78, 5) is 12.6. The van der Waals surface area contributed by atoms with Gasteiger partial charge in [-0.1, -0.05) is 36.9 Å². The zero-order valence-electron chi connectivity index (χ0n) is 13.5. The lowest BCUT2D eigenvalue weighted by Crippen LogP contribution is -2.25. The third-order valence-electron chi connectivity index (χ3n) is 4.43. The van der Waals surface area contributed by atoms with Crippen LogP contribution in [0.3, 0.4) is 0 Å². The maximum absolute atomic E-state index is 12.6. The van der Waals surface area contributed by atoms with Crippen LogP contribution in [-0.4, -0.2) is 23.2 Å². The molecule has 1 fully saturated rings. The standard InChI is InChI=1S/C19H21NO3/c1-14(16-8-5-4-6-9-16)20-13-7-10-17(20)18(21)23-19(11-12-19)15(2)22-3/h4-10,13-14H,2,11-12H2,1,3H3/t14-/m1/s1. The Bertz CT molecular complexity index is 713. The summed E-state index contributed by atoms with van der Waals surface area (Å²) in [5.74, 6) is 0.175. The van der Waals surface area contributed by atoms with E-state index >= 15 is 0 Å². The number of hydrogen-bond donors (Lipinski definition) is 0. The molecule has 1 aromatic heterocycles. The molecule has 1 heterocycles. The fraction of sp³-hybridized carbons (Fsp3) is 0.316. The van der Waals surface area contributed by atoms with Gasteiger partial charge in [-0.25, -0.2) is 4.79 Å². The summed E-state index contributed by atoms with van der Waals surface area (Å²) >= 11 is 0. The predicted molar refractivity (Wildman–Crippen MR) is 88.2 cm³/mol. The molecule has 1 aromatic carbocycles. The lowest BCUT2D eigenvalue weighted by molar-refractivity contribution is 0.0168. The van der Waals surface area contributed by atoms with Crippen LogP contribution in [0.1, 0.15) is 41.9 Å². The van der Waals surface area contributed by atoms with E-state index in [1.54, 1.807) is 13.2 Å². The molecule has 4 heteroatoms. The summed E-state index contributed by atoms with van der Waals surface area (Å²) < 4.78 is 12.8. The van der Waals surface area contributed by atoms with Gasteiger partial charge in [-0.15, -0.1) is 0 Å². The SMILES string of the molecule is C=C(OC)C1(OC(=O)c2cccn2[C@H](C)c2ccccc2)CC1. The number of carbonyl (C=O) groups excluding carboxylic acids is 1. The molecule has 3 rings (SSSR count). The molecule has 0 saturated heterocycles. The van der Waals surface area contributed by atoms with Gasteiger partial charge in [-0.3, -0.25) is 0 Å². The average Bonchev–Trinajstić information content (AvgIpc) is 3.19. The van der Waals surface area contributed by atoms with Crippen LogP contribution >= 0.6 is 0 Å². The van der Waals surface area contributed by atoms with Gasteiger partial charge in [0, 0.05) is 6.20 Å². The zero-order chi connectivity index (χ0) is 16.4. The van der Waals surface area contributed by atoms with Crippen LogP contribution in [0.4, 0.5) is 0 Å². The summed E-state index contributed by atoms with van der Waals surface area (Å²) in [5.41, 5.74) is 1.04. The van der Waals surface area contributed by atoms with Gasteiger partial charge in [0.1, 0.15) is 11.5 Å². The van der Waals surface area contributed by atoms with E-state index in [1.165, 1.54) is 0 Å². The highest BCUT2D eigenvalue weighted by Crippen LogP contribution is 2.46. The van der Waals surface area contributed by atoms with E-state index in [-0.39, 0.29) is 12.0 Å². The molecule has 1 aliphatic carbocycles. The second kappa shape index (κ2) is 5.95. The lowest BCUT2D eigenvalue weighted by atomic mass is 10.1. The summed E-state index contributed by atoms with van der Waals surface area (Å²) in [6.07, 6.45) is 3.43. The fourth-order valence-corrected chi connectivity index (χ4v) is 2.76. The number of methoxy groups -OCH3 is 1. The number of hydrogen-bond acceptors (Lipinski definition) is 3. The molecule has 4 nitrogen and oxygen atoms in total. The highest BCUT2D eigenvalue weighted by molar-refractivity contribution is 5.88. The molecule has 2 aromatic rings. The van der Waals surface area contributed by atoms with Gasteiger partial charge in [0.15, 0.2) is 5.60 Å².